The Balaban J connectivity index is 1.63. The Morgan fingerprint density at radius 2 is 1.74 bits per heavy atom. The fourth-order valence-electron chi connectivity index (χ4n) is 4.33. The Morgan fingerprint density at radius 1 is 1.00 bits per heavy atom. The number of piperazine rings is 1. The minimum Gasteiger partial charge on any atom is -0.496 e. The maximum atomic E-state index is 13.7. The zero-order valence-electron chi connectivity index (χ0n) is 19.9. The van der Waals surface area contributed by atoms with Gasteiger partial charge in [0.25, 0.3) is 5.91 Å². The van der Waals surface area contributed by atoms with Gasteiger partial charge in [0, 0.05) is 54.8 Å². The molecule has 1 fully saturated rings. The molecule has 0 spiro atoms. The number of anilines is 2. The lowest BCUT2D eigenvalue weighted by Gasteiger charge is -2.41. The van der Waals surface area contributed by atoms with Crippen molar-refractivity contribution in [3.63, 3.8) is 0 Å². The number of rotatable bonds is 5. The second-order valence-corrected chi connectivity index (χ2v) is 8.40. The van der Waals surface area contributed by atoms with E-state index in [1.54, 1.807) is 31.1 Å². The molecule has 0 radical (unpaired) electrons. The molecule has 0 bridgehead atoms. The van der Waals surface area contributed by atoms with Crippen molar-refractivity contribution in [2.45, 2.75) is 26.8 Å². The average molecular weight is 460 g/mol. The molecular weight excluding hydrogens is 430 g/mol. The van der Waals surface area contributed by atoms with Gasteiger partial charge in [-0.2, -0.15) is 0 Å². The van der Waals surface area contributed by atoms with Gasteiger partial charge >= 0.3 is 0 Å². The molecule has 176 valence electrons. The van der Waals surface area contributed by atoms with Gasteiger partial charge in [-0.3, -0.25) is 9.59 Å². The highest BCUT2D eigenvalue weighted by Gasteiger charge is 2.34. The van der Waals surface area contributed by atoms with E-state index in [0.29, 0.717) is 36.9 Å². The Bertz CT molecular complexity index is 1190. The smallest absolute Gasteiger partial charge is 0.254 e. The van der Waals surface area contributed by atoms with Gasteiger partial charge in [0.15, 0.2) is 0 Å². The number of nitrogens with zero attached hydrogens (tertiary/aromatic N) is 4. The molecular formula is C26H29N5O3. The van der Waals surface area contributed by atoms with Crippen molar-refractivity contribution in [2.24, 2.45) is 0 Å². The van der Waals surface area contributed by atoms with Crippen LogP contribution in [0.25, 0.3) is 0 Å². The molecule has 0 aliphatic carbocycles. The summed E-state index contributed by atoms with van der Waals surface area (Å²) in [6.45, 7) is 6.72. The number of methoxy groups -OCH3 is 1. The number of hydrogen-bond donors (Lipinski definition) is 1. The minimum atomic E-state index is -0.319. The van der Waals surface area contributed by atoms with Crippen LogP contribution in [0.5, 0.6) is 5.75 Å². The van der Waals surface area contributed by atoms with Crippen LogP contribution in [0.4, 0.5) is 11.6 Å². The van der Waals surface area contributed by atoms with Gasteiger partial charge in [-0.15, -0.1) is 0 Å². The predicted molar refractivity (Wildman–Crippen MR) is 130 cm³/mol. The van der Waals surface area contributed by atoms with Crippen LogP contribution in [-0.4, -0.2) is 58.3 Å². The van der Waals surface area contributed by atoms with Crippen LogP contribution >= 0.6 is 0 Å². The molecule has 8 nitrogen and oxygen atoms in total. The molecule has 2 amide bonds. The summed E-state index contributed by atoms with van der Waals surface area (Å²) in [5, 5.41) is 3.20. The number of ether oxygens (including phenoxy) is 1. The summed E-state index contributed by atoms with van der Waals surface area (Å²) in [5.41, 5.74) is 3.88. The maximum Gasteiger partial charge on any atom is 0.254 e. The molecule has 1 aromatic heterocycles. The molecule has 2 aromatic carbocycles. The van der Waals surface area contributed by atoms with Crippen LogP contribution < -0.4 is 10.1 Å². The van der Waals surface area contributed by atoms with E-state index in [-0.39, 0.29) is 17.9 Å². The molecule has 1 N–H and O–H groups in total. The number of nitrogens with one attached hydrogen (secondary N) is 1. The molecule has 34 heavy (non-hydrogen) atoms. The van der Waals surface area contributed by atoms with Crippen molar-refractivity contribution in [2.75, 3.05) is 32.1 Å². The van der Waals surface area contributed by atoms with Gasteiger partial charge in [0.2, 0.25) is 11.9 Å². The van der Waals surface area contributed by atoms with Gasteiger partial charge < -0.3 is 19.9 Å². The quantitative estimate of drug-likeness (QED) is 0.623. The lowest BCUT2D eigenvalue weighted by atomic mass is 9.99. The molecule has 4 rings (SSSR count). The topological polar surface area (TPSA) is 87.7 Å². The van der Waals surface area contributed by atoms with E-state index in [1.165, 1.54) is 0 Å². The Morgan fingerprint density at radius 3 is 2.44 bits per heavy atom. The third kappa shape index (κ3) is 5.01. The Labute approximate surface area is 199 Å². The third-order valence-electron chi connectivity index (χ3n) is 5.93. The maximum absolute atomic E-state index is 13.7. The number of carbonyl (C=O) groups excluding carboxylic acids is 2. The van der Waals surface area contributed by atoms with E-state index in [0.717, 1.165) is 22.6 Å². The second kappa shape index (κ2) is 9.91. The summed E-state index contributed by atoms with van der Waals surface area (Å²) < 4.78 is 5.57. The first-order chi connectivity index (χ1) is 16.4. The minimum absolute atomic E-state index is 0.00774. The summed E-state index contributed by atoms with van der Waals surface area (Å²) in [5.74, 6) is 1.07. The molecule has 1 atom stereocenters. The molecule has 3 aromatic rings. The highest BCUT2D eigenvalue weighted by atomic mass is 16.5. The number of aryl methyl sites for hydroxylation is 2. The van der Waals surface area contributed by atoms with Gasteiger partial charge in [0.05, 0.1) is 13.2 Å². The number of hydrogen-bond acceptors (Lipinski definition) is 6. The first kappa shape index (κ1) is 23.2. The van der Waals surface area contributed by atoms with E-state index in [2.05, 4.69) is 15.3 Å². The van der Waals surface area contributed by atoms with Crippen LogP contribution in [0.2, 0.25) is 0 Å². The number of carbonyl (C=O) groups is 2. The van der Waals surface area contributed by atoms with Crippen LogP contribution in [0.15, 0.2) is 54.6 Å². The SMILES string of the molecule is COc1ccccc1C1CN(C(C)=O)CCN1C(=O)c1cccc(Nc2nc(C)cc(C)n2)c1. The number of aromatic nitrogens is 2. The monoisotopic (exact) mass is 459 g/mol. The molecule has 1 unspecified atom stereocenters. The molecule has 8 heteroatoms. The fourth-order valence-corrected chi connectivity index (χ4v) is 4.33. The van der Waals surface area contributed by atoms with E-state index in [9.17, 15) is 9.59 Å². The van der Waals surface area contributed by atoms with E-state index in [4.69, 9.17) is 4.74 Å². The fraction of sp³-hybridized carbons (Fsp3) is 0.308. The summed E-state index contributed by atoms with van der Waals surface area (Å²) in [4.78, 5) is 38.2. The van der Waals surface area contributed by atoms with Crippen molar-refractivity contribution in [3.8, 4) is 5.75 Å². The van der Waals surface area contributed by atoms with Crippen LogP contribution in [-0.2, 0) is 4.79 Å². The van der Waals surface area contributed by atoms with Crippen LogP contribution in [0.1, 0.15) is 40.3 Å². The number of amides is 2. The number of benzene rings is 2. The lowest BCUT2D eigenvalue weighted by Crippen LogP contribution is -2.52. The van der Waals surface area contributed by atoms with Gasteiger partial charge in [0.1, 0.15) is 5.75 Å². The molecule has 2 heterocycles. The summed E-state index contributed by atoms with van der Waals surface area (Å²) in [7, 11) is 1.61. The molecule has 1 saturated heterocycles. The lowest BCUT2D eigenvalue weighted by molar-refractivity contribution is -0.131. The number of para-hydroxylation sites is 1. The zero-order chi connectivity index (χ0) is 24.2. The van der Waals surface area contributed by atoms with Crippen LogP contribution in [0.3, 0.4) is 0 Å². The van der Waals surface area contributed by atoms with Crippen molar-refractivity contribution in [3.05, 3.63) is 77.1 Å². The largest absolute Gasteiger partial charge is 0.496 e. The molecule has 0 saturated carbocycles. The summed E-state index contributed by atoms with van der Waals surface area (Å²) in [6, 6.07) is 16.5. The first-order valence-electron chi connectivity index (χ1n) is 11.2. The molecule has 1 aliphatic rings. The summed E-state index contributed by atoms with van der Waals surface area (Å²) in [6.07, 6.45) is 0. The van der Waals surface area contributed by atoms with Crippen molar-refractivity contribution < 1.29 is 14.3 Å². The van der Waals surface area contributed by atoms with Gasteiger partial charge in [-0.1, -0.05) is 24.3 Å². The van der Waals surface area contributed by atoms with Crippen molar-refractivity contribution in [1.82, 2.24) is 19.8 Å². The Kier molecular flexibility index (Phi) is 6.77. The van der Waals surface area contributed by atoms with Crippen molar-refractivity contribution in [1.29, 1.82) is 0 Å². The van der Waals surface area contributed by atoms with E-state index in [1.807, 2.05) is 61.2 Å². The Hall–Kier alpha value is -3.94. The highest BCUT2D eigenvalue weighted by molar-refractivity contribution is 5.96. The van der Waals surface area contributed by atoms with E-state index < -0.39 is 0 Å². The second-order valence-electron chi connectivity index (χ2n) is 8.40. The average Bonchev–Trinajstić information content (AvgIpc) is 2.82. The zero-order valence-corrected chi connectivity index (χ0v) is 19.9. The van der Waals surface area contributed by atoms with Gasteiger partial charge in [-0.05, 0) is 44.2 Å². The third-order valence-corrected chi connectivity index (χ3v) is 5.93. The molecule has 1 aliphatic heterocycles. The highest BCUT2D eigenvalue weighted by Crippen LogP contribution is 2.33. The summed E-state index contributed by atoms with van der Waals surface area (Å²) >= 11 is 0. The van der Waals surface area contributed by atoms with Gasteiger partial charge in [-0.25, -0.2) is 9.97 Å². The predicted octanol–water partition coefficient (Wildman–Crippen LogP) is 3.89. The standard InChI is InChI=1S/C26H29N5O3/c1-17-14-18(2)28-26(27-17)29-21-9-7-8-20(15-21)25(33)31-13-12-30(19(3)32)16-23(31)22-10-5-6-11-24(22)34-4/h5-11,14-15,23H,12-13,16H2,1-4H3,(H,27,28,29). The van der Waals surface area contributed by atoms with Crippen LogP contribution in [0, 0.1) is 13.8 Å². The van der Waals surface area contributed by atoms with Crippen molar-refractivity contribution >= 4 is 23.5 Å². The first-order valence-corrected chi connectivity index (χ1v) is 11.2. The van der Waals surface area contributed by atoms with E-state index >= 15 is 0 Å². The normalized spacial score (nSPS) is 15.7.